The maximum Gasteiger partial charge on any atom is 0.315 e. The smallest absolute Gasteiger partial charge is 0.315 e. The van der Waals surface area contributed by atoms with Crippen molar-refractivity contribution in [3.05, 3.63) is 11.6 Å². The predicted octanol–water partition coefficient (Wildman–Crippen LogP) is -1.40. The van der Waals surface area contributed by atoms with Crippen LogP contribution in [0.15, 0.2) is 11.6 Å². The summed E-state index contributed by atoms with van der Waals surface area (Å²) in [6, 6.07) is 0. The van der Waals surface area contributed by atoms with E-state index in [0.29, 0.717) is 38.5 Å². The van der Waals surface area contributed by atoms with Gasteiger partial charge in [0.2, 0.25) is 6.29 Å². The fraction of sp³-hybridized carbons (Fsp3) is 0.943. The van der Waals surface area contributed by atoms with E-state index >= 15 is 4.79 Å². The molecule has 0 spiro atoms. The molecule has 0 aromatic rings. The molecule has 22 nitrogen and oxygen atoms in total. The van der Waals surface area contributed by atoms with Crippen LogP contribution in [0, 0.1) is 50.2 Å². The molecule has 0 aromatic carbocycles. The minimum atomic E-state index is -1.87. The second-order valence-corrected chi connectivity index (χ2v) is 25.7. The van der Waals surface area contributed by atoms with Gasteiger partial charge < -0.3 is 104 Å². The summed E-state index contributed by atoms with van der Waals surface area (Å²) in [6.07, 6.45) is -21.1. The summed E-state index contributed by atoms with van der Waals surface area (Å²) in [5.41, 5.74) is -1.46. The number of hydrogen-bond acceptors (Lipinski definition) is 22. The Morgan fingerprint density at radius 1 is 0.640 bits per heavy atom. The third-order valence-corrected chi connectivity index (χ3v) is 21.1. The van der Waals surface area contributed by atoms with E-state index in [9.17, 15) is 66.4 Å². The van der Waals surface area contributed by atoms with Crippen LogP contribution in [-0.4, -0.2) is 222 Å². The van der Waals surface area contributed by atoms with Gasteiger partial charge >= 0.3 is 5.97 Å². The van der Waals surface area contributed by atoms with E-state index in [1.54, 1.807) is 0 Å². The van der Waals surface area contributed by atoms with Crippen molar-refractivity contribution in [1.82, 2.24) is 0 Å². The molecule has 4 aliphatic heterocycles. The number of ether oxygens (including phenoxy) is 8. The lowest BCUT2D eigenvalue weighted by atomic mass is 9.33. The second kappa shape index (κ2) is 21.1. The minimum Gasteiger partial charge on any atom is -0.432 e. The average molecular weight is 1080 g/mol. The lowest BCUT2D eigenvalue weighted by Crippen LogP contribution is -2.67. The van der Waals surface area contributed by atoms with Crippen LogP contribution < -0.4 is 0 Å². The van der Waals surface area contributed by atoms with Crippen molar-refractivity contribution in [2.75, 3.05) is 26.4 Å². The van der Waals surface area contributed by atoms with Gasteiger partial charge in [0.05, 0.1) is 44.1 Å². The van der Waals surface area contributed by atoms with Gasteiger partial charge in [0.1, 0.15) is 85.5 Å². The van der Waals surface area contributed by atoms with Crippen LogP contribution in [0.4, 0.5) is 0 Å². The molecule has 8 fully saturated rings. The standard InChI is InChI=1S/C53H86O22/c1-23-32(57)35(60)39(64)45(70-23)74-42-27(19-54)71-43(41(66)37(42)62)69-21-28-34(59)36(61)40(65)46(72-28)75-47(67)53-16-14-48(2,3)18-25(53)24-8-9-30-49(4)12-11-31(73-44-38(63)33(58)26(56)20-68-44)50(5,22-55)29(49)10-13-52(30,7)51(24,6)15-17-53/h8,23,25-46,54-66H,9-22H2,1-7H3/t23-,25?,26+,27-,28-,29?,30?,31+,32+,33-,34-,35-,36-,37+,38-,39-,40-,41-,42-,43-,44+,45+,46+,49+,50+,51?,52-,53+/m1/s1. The zero-order chi connectivity index (χ0) is 54.7. The molecule has 28 atom stereocenters. The predicted molar refractivity (Wildman–Crippen MR) is 257 cm³/mol. The Morgan fingerprint density at radius 2 is 1.28 bits per heavy atom. The van der Waals surface area contributed by atoms with Crippen LogP contribution >= 0.6 is 0 Å². The number of aliphatic hydroxyl groups is 13. The number of fused-ring (bicyclic) bond motifs is 7. The van der Waals surface area contributed by atoms with Crippen molar-refractivity contribution in [2.24, 2.45) is 50.2 Å². The number of hydrogen-bond donors (Lipinski definition) is 13. The Balaban J connectivity index is 0.898. The molecule has 0 bridgehead atoms. The van der Waals surface area contributed by atoms with E-state index in [1.807, 2.05) is 6.92 Å². The number of esters is 1. The summed E-state index contributed by atoms with van der Waals surface area (Å²) in [5, 5.41) is 139. The van der Waals surface area contributed by atoms with Gasteiger partial charge in [-0.15, -0.1) is 0 Å². The van der Waals surface area contributed by atoms with E-state index in [4.69, 9.17) is 37.9 Å². The summed E-state index contributed by atoms with van der Waals surface area (Å²) >= 11 is 0. The summed E-state index contributed by atoms with van der Waals surface area (Å²) in [4.78, 5) is 15.1. The van der Waals surface area contributed by atoms with Crippen LogP contribution in [0.2, 0.25) is 0 Å². The summed E-state index contributed by atoms with van der Waals surface area (Å²) in [5.74, 6) is -0.615. The van der Waals surface area contributed by atoms with Gasteiger partial charge in [-0.25, -0.2) is 0 Å². The largest absolute Gasteiger partial charge is 0.432 e. The Labute approximate surface area is 437 Å². The fourth-order valence-corrected chi connectivity index (χ4v) is 16.1. The van der Waals surface area contributed by atoms with Gasteiger partial charge in [0.15, 0.2) is 18.9 Å². The maximum absolute atomic E-state index is 15.1. The Hall–Kier alpha value is -1.59. The highest BCUT2D eigenvalue weighted by atomic mass is 16.8. The number of aliphatic hydroxyl groups excluding tert-OH is 13. The first-order valence-electron chi connectivity index (χ1n) is 27.3. The van der Waals surface area contributed by atoms with E-state index < -0.39 is 153 Å². The Bertz CT molecular complexity index is 2060. The van der Waals surface area contributed by atoms with Gasteiger partial charge in [-0.05, 0) is 111 Å². The SMILES string of the molecule is C[C@H]1O[C@@H](O[C@H]2[C@@H](O)[C@@H](O)[C@H](OC[C@H]3O[C@@H](OC(=O)[C@]45CCC(C)(C)CC4C4=CCC6[C@@]7(C)CC[C@H](O[C@@H]8OC[C@H](O)[C@@H](O)[C@H]8O)[C@@](C)(CO)C7CC[C@@]6(C)C4(C)CC5)[C@H](O)[C@H](O)[C@@H]3O)O[C@@H]2CO)[C@H](O)[C@H](O)[C@H]1O. The molecule has 9 aliphatic rings. The lowest BCUT2D eigenvalue weighted by molar-refractivity contribution is -0.361. The highest BCUT2D eigenvalue weighted by Gasteiger charge is 2.70. The summed E-state index contributed by atoms with van der Waals surface area (Å²) < 4.78 is 47.0. The first-order valence-corrected chi connectivity index (χ1v) is 27.3. The van der Waals surface area contributed by atoms with Crippen LogP contribution in [0.25, 0.3) is 0 Å². The molecule has 13 N–H and O–H groups in total. The monoisotopic (exact) mass is 1070 g/mol. The Kier molecular flexibility index (Phi) is 16.3. The fourth-order valence-electron chi connectivity index (χ4n) is 16.1. The molecule has 75 heavy (non-hydrogen) atoms. The van der Waals surface area contributed by atoms with Gasteiger partial charge in [-0.3, -0.25) is 4.79 Å². The van der Waals surface area contributed by atoms with Crippen molar-refractivity contribution in [2.45, 2.75) is 235 Å². The number of allylic oxidation sites excluding steroid dienone is 2. The second-order valence-electron chi connectivity index (χ2n) is 25.7. The van der Waals surface area contributed by atoms with Gasteiger partial charge in [0, 0.05) is 5.41 Å². The first kappa shape index (κ1) is 58.1. The zero-order valence-corrected chi connectivity index (χ0v) is 44.2. The van der Waals surface area contributed by atoms with Crippen molar-refractivity contribution in [3.63, 3.8) is 0 Å². The summed E-state index contributed by atoms with van der Waals surface area (Å²) in [7, 11) is 0. The van der Waals surface area contributed by atoms with Gasteiger partial charge in [-0.2, -0.15) is 0 Å². The number of carbonyl (C=O) groups is 1. The molecular formula is C53H86O22. The Morgan fingerprint density at radius 3 is 1.97 bits per heavy atom. The summed E-state index contributed by atoms with van der Waals surface area (Å²) in [6.45, 7) is 13.2. The normalized spacial score (nSPS) is 54.8. The molecule has 4 heterocycles. The van der Waals surface area contributed by atoms with Crippen molar-refractivity contribution >= 4 is 5.97 Å². The van der Waals surface area contributed by atoms with Crippen LogP contribution in [0.3, 0.4) is 0 Å². The topological polar surface area (TPSA) is 354 Å². The van der Waals surface area contributed by atoms with Crippen molar-refractivity contribution in [1.29, 1.82) is 0 Å². The van der Waals surface area contributed by atoms with E-state index in [0.717, 1.165) is 25.7 Å². The molecule has 22 heteroatoms. The molecule has 0 radical (unpaired) electrons. The molecule has 0 amide bonds. The zero-order valence-electron chi connectivity index (χ0n) is 44.2. The van der Waals surface area contributed by atoms with Crippen LogP contribution in [0.5, 0.6) is 0 Å². The first-order chi connectivity index (χ1) is 35.1. The number of carbonyl (C=O) groups excluding carboxylic acids is 1. The molecule has 4 unspecified atom stereocenters. The molecule has 4 saturated heterocycles. The highest BCUT2D eigenvalue weighted by molar-refractivity contribution is 5.79. The minimum absolute atomic E-state index is 0.0319. The third kappa shape index (κ3) is 9.50. The van der Waals surface area contributed by atoms with Crippen LogP contribution in [0.1, 0.15) is 113 Å². The molecule has 4 saturated carbocycles. The lowest BCUT2D eigenvalue weighted by Gasteiger charge is -2.71. The van der Waals surface area contributed by atoms with Gasteiger partial charge in [-0.1, -0.05) is 53.2 Å². The van der Waals surface area contributed by atoms with E-state index in [1.165, 1.54) is 12.5 Å². The van der Waals surface area contributed by atoms with E-state index in [2.05, 4.69) is 40.7 Å². The molecule has 430 valence electrons. The third-order valence-electron chi connectivity index (χ3n) is 21.1. The van der Waals surface area contributed by atoms with Gasteiger partial charge in [0.25, 0.3) is 0 Å². The molecule has 9 rings (SSSR count). The molecule has 0 aromatic heterocycles. The average Bonchev–Trinajstić information content (AvgIpc) is 3.37. The number of rotatable bonds is 11. The molecule has 5 aliphatic carbocycles. The maximum atomic E-state index is 15.1. The highest BCUT2D eigenvalue weighted by Crippen LogP contribution is 2.76. The van der Waals surface area contributed by atoms with Crippen LogP contribution in [-0.2, 0) is 42.7 Å². The molecular weight excluding hydrogens is 989 g/mol. The van der Waals surface area contributed by atoms with Crippen molar-refractivity contribution in [3.8, 4) is 0 Å². The van der Waals surface area contributed by atoms with Crippen molar-refractivity contribution < 1.29 is 109 Å². The quantitative estimate of drug-likeness (QED) is 0.0643. The van der Waals surface area contributed by atoms with E-state index in [-0.39, 0.29) is 52.6 Å².